The number of carboxylic acids is 1. The number of carboxylic acid groups (broad SMARTS) is 1. The smallest absolute Gasteiger partial charge is 0.326 e. The fourth-order valence-electron chi connectivity index (χ4n) is 2.73. The Labute approximate surface area is 114 Å². The van der Waals surface area contributed by atoms with E-state index in [0.717, 1.165) is 25.8 Å². The summed E-state index contributed by atoms with van der Waals surface area (Å²) in [5.74, 6) is -0.225. The van der Waals surface area contributed by atoms with Crippen molar-refractivity contribution in [3.05, 3.63) is 0 Å². The molecule has 0 aromatic heterocycles. The van der Waals surface area contributed by atoms with Crippen LogP contribution >= 0.6 is 0 Å². The summed E-state index contributed by atoms with van der Waals surface area (Å²) in [5, 5.41) is 9.32. The van der Waals surface area contributed by atoms with E-state index in [2.05, 4.69) is 0 Å². The third-order valence-corrected chi connectivity index (χ3v) is 4.11. The molecule has 108 valence electrons. The third-order valence-electron chi connectivity index (χ3n) is 4.11. The van der Waals surface area contributed by atoms with Gasteiger partial charge in [0.25, 0.3) is 0 Å². The monoisotopic (exact) mass is 268 g/mol. The highest BCUT2D eigenvalue weighted by Gasteiger charge is 2.34. The zero-order valence-corrected chi connectivity index (χ0v) is 11.7. The molecule has 2 amide bonds. The van der Waals surface area contributed by atoms with Crippen molar-refractivity contribution in [2.45, 2.75) is 51.5 Å². The van der Waals surface area contributed by atoms with Crippen LogP contribution in [0.3, 0.4) is 0 Å². The molecule has 2 fully saturated rings. The minimum absolute atomic E-state index is 0.0799. The lowest BCUT2D eigenvalue weighted by Gasteiger charge is -2.32. The summed E-state index contributed by atoms with van der Waals surface area (Å²) < 4.78 is 0. The van der Waals surface area contributed by atoms with E-state index < -0.39 is 12.0 Å². The minimum Gasteiger partial charge on any atom is -0.480 e. The number of likely N-dealkylation sites (tertiary alicyclic amines) is 1. The summed E-state index contributed by atoms with van der Waals surface area (Å²) in [5.41, 5.74) is 0. The van der Waals surface area contributed by atoms with E-state index in [4.69, 9.17) is 0 Å². The molecule has 0 radical (unpaired) electrons. The van der Waals surface area contributed by atoms with Gasteiger partial charge in [0.15, 0.2) is 0 Å². The van der Waals surface area contributed by atoms with E-state index in [1.165, 1.54) is 12.8 Å². The summed E-state index contributed by atoms with van der Waals surface area (Å²) in [6.07, 6.45) is 5.81. The number of amides is 2. The van der Waals surface area contributed by atoms with E-state index >= 15 is 0 Å². The molecule has 5 heteroatoms. The van der Waals surface area contributed by atoms with Crippen LogP contribution in [-0.2, 0) is 4.79 Å². The summed E-state index contributed by atoms with van der Waals surface area (Å²) in [4.78, 5) is 27.3. The Balaban J connectivity index is 2.05. The minimum atomic E-state index is -0.863. The highest BCUT2D eigenvalue weighted by Crippen LogP contribution is 2.30. The van der Waals surface area contributed by atoms with Gasteiger partial charge in [-0.1, -0.05) is 12.8 Å². The Morgan fingerprint density at radius 2 is 1.95 bits per heavy atom. The Morgan fingerprint density at radius 3 is 2.53 bits per heavy atom. The number of aliphatic carboxylic acids is 1. The molecule has 1 saturated heterocycles. The van der Waals surface area contributed by atoms with Crippen LogP contribution in [0.1, 0.15) is 45.4 Å². The van der Waals surface area contributed by atoms with Crippen molar-refractivity contribution < 1.29 is 14.7 Å². The number of urea groups is 1. The number of hydrogen-bond acceptors (Lipinski definition) is 2. The number of carbonyl (C=O) groups excluding carboxylic acids is 1. The first kappa shape index (κ1) is 14.2. The Kier molecular flexibility index (Phi) is 4.66. The highest BCUT2D eigenvalue weighted by molar-refractivity contribution is 5.82. The van der Waals surface area contributed by atoms with Crippen molar-refractivity contribution in [2.75, 3.05) is 19.6 Å². The first-order chi connectivity index (χ1) is 9.13. The van der Waals surface area contributed by atoms with Crippen molar-refractivity contribution in [3.63, 3.8) is 0 Å². The van der Waals surface area contributed by atoms with E-state index in [1.807, 2.05) is 11.8 Å². The lowest BCUT2D eigenvalue weighted by molar-refractivity contribution is -0.142. The van der Waals surface area contributed by atoms with E-state index in [0.29, 0.717) is 25.4 Å². The van der Waals surface area contributed by atoms with E-state index in [9.17, 15) is 14.7 Å². The first-order valence-corrected chi connectivity index (χ1v) is 7.41. The maximum atomic E-state index is 12.5. The van der Waals surface area contributed by atoms with Crippen molar-refractivity contribution in [1.82, 2.24) is 9.80 Å². The molecule has 0 spiro atoms. The van der Waals surface area contributed by atoms with Gasteiger partial charge >= 0.3 is 12.0 Å². The van der Waals surface area contributed by atoms with Crippen LogP contribution in [0, 0.1) is 5.92 Å². The second-order valence-electron chi connectivity index (χ2n) is 5.66. The molecule has 1 atom stereocenters. The summed E-state index contributed by atoms with van der Waals surface area (Å²) >= 11 is 0. The molecular weight excluding hydrogens is 244 g/mol. The average Bonchev–Trinajstić information content (AvgIpc) is 3.21. The van der Waals surface area contributed by atoms with Crippen LogP contribution < -0.4 is 0 Å². The highest BCUT2D eigenvalue weighted by atomic mass is 16.4. The maximum Gasteiger partial charge on any atom is 0.326 e. The first-order valence-electron chi connectivity index (χ1n) is 7.41. The van der Waals surface area contributed by atoms with Crippen LogP contribution in [0.4, 0.5) is 4.79 Å². The summed E-state index contributed by atoms with van der Waals surface area (Å²) in [7, 11) is 0. The van der Waals surface area contributed by atoms with Crippen molar-refractivity contribution >= 4 is 12.0 Å². The topological polar surface area (TPSA) is 60.9 Å². The Morgan fingerprint density at radius 1 is 1.21 bits per heavy atom. The third kappa shape index (κ3) is 3.61. The van der Waals surface area contributed by atoms with Gasteiger partial charge < -0.3 is 14.9 Å². The molecule has 5 nitrogen and oxygen atoms in total. The predicted octanol–water partition coefficient (Wildman–Crippen LogP) is 2.17. The lowest BCUT2D eigenvalue weighted by atomic mass is 10.1. The second kappa shape index (κ2) is 6.26. The summed E-state index contributed by atoms with van der Waals surface area (Å²) in [6.45, 7) is 4.00. The molecule has 1 aliphatic carbocycles. The molecule has 0 bridgehead atoms. The van der Waals surface area contributed by atoms with Gasteiger partial charge in [0.05, 0.1) is 0 Å². The lowest BCUT2D eigenvalue weighted by Crippen LogP contribution is -2.51. The number of nitrogens with zero attached hydrogens (tertiary/aromatic N) is 2. The number of carbonyl (C=O) groups is 2. The second-order valence-corrected chi connectivity index (χ2v) is 5.66. The van der Waals surface area contributed by atoms with Gasteiger partial charge in [-0.2, -0.15) is 0 Å². The standard InChI is InChI=1S/C14H24N2O3/c1-2-15(10-11-7-8-11)14(19)16-9-5-3-4-6-12(16)13(17)18/h11-12H,2-10H2,1H3,(H,17,18). The predicted molar refractivity (Wildman–Crippen MR) is 72.0 cm³/mol. The van der Waals surface area contributed by atoms with Gasteiger partial charge in [0.2, 0.25) is 0 Å². The van der Waals surface area contributed by atoms with Gasteiger partial charge in [-0.25, -0.2) is 9.59 Å². The van der Waals surface area contributed by atoms with Gasteiger partial charge in [0, 0.05) is 19.6 Å². The molecule has 2 aliphatic rings. The molecule has 0 aromatic carbocycles. The van der Waals surface area contributed by atoms with Gasteiger partial charge in [0.1, 0.15) is 6.04 Å². The van der Waals surface area contributed by atoms with Gasteiger partial charge in [-0.3, -0.25) is 0 Å². The van der Waals surface area contributed by atoms with E-state index in [1.54, 1.807) is 4.90 Å². The van der Waals surface area contributed by atoms with Crippen molar-refractivity contribution in [3.8, 4) is 0 Å². The maximum absolute atomic E-state index is 12.5. The fraction of sp³-hybridized carbons (Fsp3) is 0.857. The van der Waals surface area contributed by atoms with Crippen LogP contribution in [0.25, 0.3) is 0 Å². The molecule has 1 saturated carbocycles. The molecule has 1 N–H and O–H groups in total. The summed E-state index contributed by atoms with van der Waals surface area (Å²) in [6, 6.07) is -0.716. The Bertz CT molecular complexity index is 342. The molecule has 2 rings (SSSR count). The van der Waals surface area contributed by atoms with E-state index in [-0.39, 0.29) is 6.03 Å². The molecule has 1 aliphatic heterocycles. The fourth-order valence-corrected chi connectivity index (χ4v) is 2.73. The molecule has 0 aromatic rings. The van der Waals surface area contributed by atoms with Crippen LogP contribution in [0.5, 0.6) is 0 Å². The quantitative estimate of drug-likeness (QED) is 0.850. The SMILES string of the molecule is CCN(CC1CC1)C(=O)N1CCCCCC1C(=O)O. The number of rotatable bonds is 4. The molecule has 1 heterocycles. The zero-order valence-electron chi connectivity index (χ0n) is 11.7. The van der Waals surface area contributed by atoms with Crippen molar-refractivity contribution in [1.29, 1.82) is 0 Å². The van der Waals surface area contributed by atoms with Crippen LogP contribution in [-0.4, -0.2) is 52.6 Å². The molecule has 1 unspecified atom stereocenters. The normalized spacial score (nSPS) is 23.8. The number of hydrogen-bond donors (Lipinski definition) is 1. The molecule has 19 heavy (non-hydrogen) atoms. The average molecular weight is 268 g/mol. The van der Waals surface area contributed by atoms with Gasteiger partial charge in [-0.05, 0) is 38.5 Å². The zero-order chi connectivity index (χ0) is 13.8. The van der Waals surface area contributed by atoms with Gasteiger partial charge in [-0.15, -0.1) is 0 Å². The van der Waals surface area contributed by atoms with Crippen LogP contribution in [0.15, 0.2) is 0 Å². The molecular formula is C14H24N2O3. The Hall–Kier alpha value is -1.26. The van der Waals surface area contributed by atoms with Crippen molar-refractivity contribution in [2.24, 2.45) is 5.92 Å². The largest absolute Gasteiger partial charge is 0.480 e. The van der Waals surface area contributed by atoms with Crippen LogP contribution in [0.2, 0.25) is 0 Å².